The molecular formula is C49H39Cl2N3O7. The number of nitrogens with zero attached hydrogens (tertiary/aromatic N) is 2. The standard InChI is InChI=1S/C49H39Cl2N3O7/c1-29-4-2-3-5-39(29)48(56)54-26-37-24-45-44(60-28-46(61-45)35-15-17-38(18-16-35)59-27-32-10-19-40(50)41(51)20-32)23-36(37)22-43(54)47(55)53-42(49(57)58)21-30-6-11-33(12-7-30)34-13-8-31(25-52)9-14-34/h2-20,23-24,42-43,46H,21-22,26-28H2,1H3,(H,53,55)(H,57,58)/t42-,43?,46+/m0/s1. The molecule has 8 rings (SSSR count). The molecule has 0 aromatic heterocycles. The topological polar surface area (TPSA) is 138 Å². The predicted octanol–water partition coefficient (Wildman–Crippen LogP) is 9.31. The third kappa shape index (κ3) is 9.19. The molecule has 2 amide bonds. The molecule has 3 atom stereocenters. The van der Waals surface area contributed by atoms with Gasteiger partial charge in [0.15, 0.2) is 17.6 Å². The van der Waals surface area contributed by atoms with Gasteiger partial charge < -0.3 is 29.5 Å². The molecule has 10 nitrogen and oxygen atoms in total. The first-order valence-corrected chi connectivity index (χ1v) is 20.4. The molecule has 0 aliphatic carbocycles. The molecule has 2 aliphatic rings. The molecule has 61 heavy (non-hydrogen) atoms. The van der Waals surface area contributed by atoms with E-state index in [0.717, 1.165) is 38.9 Å². The first-order chi connectivity index (χ1) is 29.5. The number of carbonyl (C=O) groups is 3. The third-order valence-corrected chi connectivity index (χ3v) is 11.7. The van der Waals surface area contributed by atoms with E-state index in [9.17, 15) is 19.5 Å². The van der Waals surface area contributed by atoms with Gasteiger partial charge in [0.2, 0.25) is 5.91 Å². The van der Waals surface area contributed by atoms with Crippen LogP contribution >= 0.6 is 23.2 Å². The van der Waals surface area contributed by atoms with Crippen molar-refractivity contribution in [3.8, 4) is 34.4 Å². The largest absolute Gasteiger partial charge is 0.489 e. The number of rotatable bonds is 11. The van der Waals surface area contributed by atoms with E-state index < -0.39 is 30.1 Å². The first kappa shape index (κ1) is 41.0. The molecule has 306 valence electrons. The van der Waals surface area contributed by atoms with Gasteiger partial charge >= 0.3 is 5.97 Å². The van der Waals surface area contributed by atoms with Gasteiger partial charge in [0, 0.05) is 24.9 Å². The molecule has 0 spiro atoms. The van der Waals surface area contributed by atoms with Crippen LogP contribution in [0.25, 0.3) is 11.1 Å². The first-order valence-electron chi connectivity index (χ1n) is 19.6. The van der Waals surface area contributed by atoms with Crippen LogP contribution in [0.2, 0.25) is 10.0 Å². The summed E-state index contributed by atoms with van der Waals surface area (Å²) >= 11 is 12.2. The number of hydrogen-bond acceptors (Lipinski definition) is 7. The summed E-state index contributed by atoms with van der Waals surface area (Å²) in [6.45, 7) is 2.48. The summed E-state index contributed by atoms with van der Waals surface area (Å²) in [4.78, 5) is 42.6. The Bertz CT molecular complexity index is 2660. The smallest absolute Gasteiger partial charge is 0.326 e. The number of nitrogens with one attached hydrogen (secondary N) is 1. The molecule has 2 N–H and O–H groups in total. The van der Waals surface area contributed by atoms with Crippen molar-refractivity contribution in [3.63, 3.8) is 0 Å². The number of carbonyl (C=O) groups excluding carboxylic acids is 2. The van der Waals surface area contributed by atoms with Crippen molar-refractivity contribution in [2.24, 2.45) is 0 Å². The molecule has 0 fully saturated rings. The van der Waals surface area contributed by atoms with E-state index in [0.29, 0.717) is 50.6 Å². The second-order valence-corrected chi connectivity index (χ2v) is 15.9. The predicted molar refractivity (Wildman–Crippen MR) is 231 cm³/mol. The van der Waals surface area contributed by atoms with Gasteiger partial charge in [0.1, 0.15) is 31.0 Å². The van der Waals surface area contributed by atoms with Crippen molar-refractivity contribution in [2.75, 3.05) is 6.61 Å². The molecule has 1 unspecified atom stereocenters. The maximum atomic E-state index is 14.3. The normalized spacial score (nSPS) is 15.8. The Kier molecular flexibility index (Phi) is 12.0. The summed E-state index contributed by atoms with van der Waals surface area (Å²) in [5.41, 5.74) is 7.63. The fraction of sp³-hybridized carbons (Fsp3) is 0.184. The van der Waals surface area contributed by atoms with E-state index in [2.05, 4.69) is 11.4 Å². The number of carboxylic acid groups (broad SMARTS) is 1. The Morgan fingerprint density at radius 3 is 2.23 bits per heavy atom. The Morgan fingerprint density at radius 1 is 0.852 bits per heavy atom. The zero-order valence-electron chi connectivity index (χ0n) is 32.9. The van der Waals surface area contributed by atoms with Crippen LogP contribution in [0.15, 0.2) is 127 Å². The van der Waals surface area contributed by atoms with Crippen LogP contribution < -0.4 is 19.5 Å². The van der Waals surface area contributed by atoms with Crippen LogP contribution in [0, 0.1) is 18.3 Å². The van der Waals surface area contributed by atoms with Crippen LogP contribution in [-0.2, 0) is 35.6 Å². The lowest BCUT2D eigenvalue weighted by atomic mass is 9.91. The van der Waals surface area contributed by atoms with E-state index in [4.69, 9.17) is 42.7 Å². The second-order valence-electron chi connectivity index (χ2n) is 15.0. The lowest BCUT2D eigenvalue weighted by molar-refractivity contribution is -0.142. The highest BCUT2D eigenvalue weighted by Gasteiger charge is 2.38. The van der Waals surface area contributed by atoms with Crippen LogP contribution in [0.5, 0.6) is 17.2 Å². The Hall–Kier alpha value is -6.80. The number of halogens is 2. The number of aryl methyl sites for hydroxylation is 1. The minimum Gasteiger partial charge on any atom is -0.489 e. The number of amides is 2. The summed E-state index contributed by atoms with van der Waals surface area (Å²) in [7, 11) is 0. The van der Waals surface area contributed by atoms with Crippen molar-refractivity contribution < 1.29 is 33.7 Å². The maximum absolute atomic E-state index is 14.3. The fourth-order valence-electron chi connectivity index (χ4n) is 7.58. The molecule has 0 saturated heterocycles. The molecule has 2 aliphatic heterocycles. The minimum absolute atomic E-state index is 0.0259. The van der Waals surface area contributed by atoms with Crippen molar-refractivity contribution in [2.45, 2.75) is 51.1 Å². The number of benzene rings is 6. The zero-order valence-corrected chi connectivity index (χ0v) is 34.5. The number of fused-ring (bicyclic) bond motifs is 2. The molecular weight excluding hydrogens is 813 g/mol. The maximum Gasteiger partial charge on any atom is 0.326 e. The van der Waals surface area contributed by atoms with E-state index >= 15 is 0 Å². The summed E-state index contributed by atoms with van der Waals surface area (Å²) < 4.78 is 18.7. The van der Waals surface area contributed by atoms with Crippen molar-refractivity contribution >= 4 is 41.0 Å². The van der Waals surface area contributed by atoms with Crippen molar-refractivity contribution in [1.82, 2.24) is 10.2 Å². The Balaban J connectivity index is 0.987. The minimum atomic E-state index is -1.26. The summed E-state index contributed by atoms with van der Waals surface area (Å²) in [5, 5.41) is 23.1. The lowest BCUT2D eigenvalue weighted by Crippen LogP contribution is -2.56. The molecule has 0 radical (unpaired) electrons. The van der Waals surface area contributed by atoms with Crippen molar-refractivity contribution in [1.29, 1.82) is 5.26 Å². The monoisotopic (exact) mass is 851 g/mol. The van der Waals surface area contributed by atoms with E-state index in [1.54, 1.807) is 36.4 Å². The van der Waals surface area contributed by atoms with E-state index in [-0.39, 0.29) is 31.9 Å². The van der Waals surface area contributed by atoms with Gasteiger partial charge in [0.25, 0.3) is 5.91 Å². The van der Waals surface area contributed by atoms with Gasteiger partial charge in [0.05, 0.1) is 21.7 Å². The van der Waals surface area contributed by atoms with Crippen molar-refractivity contribution in [3.05, 3.63) is 182 Å². The van der Waals surface area contributed by atoms with Gasteiger partial charge in [-0.3, -0.25) is 9.59 Å². The molecule has 0 bridgehead atoms. The average molecular weight is 853 g/mol. The van der Waals surface area contributed by atoms with Gasteiger partial charge in [-0.2, -0.15) is 5.26 Å². The summed E-state index contributed by atoms with van der Waals surface area (Å²) in [5.74, 6) is -0.420. The van der Waals surface area contributed by atoms with E-state index in [1.807, 2.05) is 97.9 Å². The number of aliphatic carboxylic acids is 1. The summed E-state index contributed by atoms with van der Waals surface area (Å²) in [6, 6.07) is 38.2. The Morgan fingerprint density at radius 2 is 1.54 bits per heavy atom. The molecule has 6 aromatic rings. The van der Waals surface area contributed by atoms with Gasteiger partial charge in [-0.05, 0) is 106 Å². The molecule has 0 saturated carbocycles. The van der Waals surface area contributed by atoms with Gasteiger partial charge in [-0.25, -0.2) is 4.79 Å². The van der Waals surface area contributed by atoms with Gasteiger partial charge in [-0.15, -0.1) is 0 Å². The van der Waals surface area contributed by atoms with Crippen LogP contribution in [0.3, 0.4) is 0 Å². The molecule has 6 aromatic carbocycles. The molecule has 2 heterocycles. The summed E-state index contributed by atoms with van der Waals surface area (Å²) in [6.07, 6.45) is -0.256. The fourth-order valence-corrected chi connectivity index (χ4v) is 7.90. The van der Waals surface area contributed by atoms with Crippen LogP contribution in [0.1, 0.15) is 55.4 Å². The number of nitriles is 1. The lowest BCUT2D eigenvalue weighted by Gasteiger charge is -2.38. The SMILES string of the molecule is Cc1ccccc1C(=O)N1Cc2cc3c(cc2CC1C(=O)N[C@@H](Cc1ccc(-c2ccc(C#N)cc2)cc1)C(=O)O)OC[C@H](c1ccc(OCc2ccc(Cl)c(Cl)c2)cc1)O3. The second kappa shape index (κ2) is 17.8. The van der Waals surface area contributed by atoms with Crippen LogP contribution in [0.4, 0.5) is 0 Å². The quantitative estimate of drug-likeness (QED) is 0.132. The number of ether oxygens (including phenoxy) is 3. The highest BCUT2D eigenvalue weighted by Crippen LogP contribution is 2.41. The third-order valence-electron chi connectivity index (χ3n) is 11.0. The van der Waals surface area contributed by atoms with E-state index in [1.165, 1.54) is 4.90 Å². The molecule has 12 heteroatoms. The number of carboxylic acids is 1. The highest BCUT2D eigenvalue weighted by atomic mass is 35.5. The Labute approximate surface area is 362 Å². The van der Waals surface area contributed by atoms with Crippen LogP contribution in [-0.4, -0.2) is 46.5 Å². The number of hydrogen-bond donors (Lipinski definition) is 2. The average Bonchev–Trinajstić information content (AvgIpc) is 3.28. The zero-order chi connectivity index (χ0) is 42.6. The van der Waals surface area contributed by atoms with Gasteiger partial charge in [-0.1, -0.05) is 96.0 Å². The highest BCUT2D eigenvalue weighted by molar-refractivity contribution is 6.42.